The maximum Gasteiger partial charge on any atom is 0.306 e. The second-order valence-corrected chi connectivity index (χ2v) is 11.4. The second-order valence-electron chi connectivity index (χ2n) is 11.4. The summed E-state index contributed by atoms with van der Waals surface area (Å²) in [6.45, 7) is 6.02. The molecule has 0 aliphatic carbocycles. The highest BCUT2D eigenvalue weighted by Gasteiger charge is 2.19. The largest absolute Gasteiger partial charge is 0.462 e. The van der Waals surface area contributed by atoms with Crippen molar-refractivity contribution in [1.82, 2.24) is 0 Å². The van der Waals surface area contributed by atoms with E-state index in [2.05, 4.69) is 31.2 Å². The van der Waals surface area contributed by atoms with Crippen LogP contribution in [0.2, 0.25) is 0 Å². The SMILES string of the molecule is C/C=C\CCCCCCCC(=O)OC(COC(=O)CCC)COC(=O)CCCCCCCC=CCCCCCCCC. The number of hydrogen-bond acceptors (Lipinski definition) is 6. The maximum absolute atomic E-state index is 12.4. The van der Waals surface area contributed by atoms with Crippen LogP contribution in [-0.2, 0) is 28.6 Å². The smallest absolute Gasteiger partial charge is 0.306 e. The van der Waals surface area contributed by atoms with Crippen LogP contribution in [0.25, 0.3) is 0 Å². The van der Waals surface area contributed by atoms with E-state index >= 15 is 0 Å². The third kappa shape index (κ3) is 29.4. The molecule has 1 unspecified atom stereocenters. The lowest BCUT2D eigenvalue weighted by molar-refractivity contribution is -0.167. The van der Waals surface area contributed by atoms with Gasteiger partial charge in [0.25, 0.3) is 0 Å². The fourth-order valence-electron chi connectivity index (χ4n) is 4.65. The number of allylic oxidation sites excluding steroid dienone is 4. The van der Waals surface area contributed by atoms with E-state index in [0.29, 0.717) is 25.7 Å². The Morgan fingerprint density at radius 2 is 0.929 bits per heavy atom. The molecule has 0 bridgehead atoms. The minimum atomic E-state index is -0.766. The summed E-state index contributed by atoms with van der Waals surface area (Å²) in [7, 11) is 0. The van der Waals surface area contributed by atoms with E-state index in [1.165, 1.54) is 64.2 Å². The molecule has 0 aromatic heterocycles. The summed E-state index contributed by atoms with van der Waals surface area (Å²) in [4.78, 5) is 36.4. The van der Waals surface area contributed by atoms with Crippen molar-refractivity contribution >= 4 is 17.9 Å². The number of rotatable bonds is 30. The van der Waals surface area contributed by atoms with E-state index in [1.807, 2.05) is 13.8 Å². The van der Waals surface area contributed by atoms with Crippen LogP contribution in [0.4, 0.5) is 0 Å². The predicted molar refractivity (Wildman–Crippen MR) is 173 cm³/mol. The predicted octanol–water partition coefficient (Wildman–Crippen LogP) is 10.1. The van der Waals surface area contributed by atoms with Gasteiger partial charge in [-0.1, -0.05) is 109 Å². The Labute approximate surface area is 258 Å². The third-order valence-electron chi connectivity index (χ3n) is 7.24. The molecule has 0 aliphatic heterocycles. The van der Waals surface area contributed by atoms with E-state index in [4.69, 9.17) is 14.2 Å². The van der Waals surface area contributed by atoms with Crippen LogP contribution in [0.3, 0.4) is 0 Å². The van der Waals surface area contributed by atoms with Gasteiger partial charge in [-0.15, -0.1) is 0 Å². The minimum absolute atomic E-state index is 0.0833. The normalized spacial score (nSPS) is 12.2. The highest BCUT2D eigenvalue weighted by Crippen LogP contribution is 2.12. The lowest BCUT2D eigenvalue weighted by Gasteiger charge is -2.18. The van der Waals surface area contributed by atoms with Gasteiger partial charge in [0.1, 0.15) is 13.2 Å². The van der Waals surface area contributed by atoms with E-state index in [-0.39, 0.29) is 31.1 Å². The first-order valence-corrected chi connectivity index (χ1v) is 17.3. The van der Waals surface area contributed by atoms with Crippen molar-refractivity contribution in [2.24, 2.45) is 0 Å². The van der Waals surface area contributed by atoms with E-state index in [0.717, 1.165) is 57.8 Å². The first-order valence-electron chi connectivity index (χ1n) is 17.3. The molecule has 0 spiro atoms. The monoisotopic (exact) mass is 592 g/mol. The Morgan fingerprint density at radius 3 is 1.43 bits per heavy atom. The number of hydrogen-bond donors (Lipinski definition) is 0. The van der Waals surface area contributed by atoms with Crippen molar-refractivity contribution in [3.05, 3.63) is 24.3 Å². The molecule has 0 rings (SSSR count). The van der Waals surface area contributed by atoms with Gasteiger partial charge >= 0.3 is 17.9 Å². The first-order chi connectivity index (χ1) is 20.5. The molecule has 0 aromatic carbocycles. The zero-order valence-corrected chi connectivity index (χ0v) is 27.5. The summed E-state index contributed by atoms with van der Waals surface area (Å²) in [5, 5.41) is 0. The number of ether oxygens (including phenoxy) is 3. The summed E-state index contributed by atoms with van der Waals surface area (Å²) in [5.41, 5.74) is 0. The maximum atomic E-state index is 12.4. The van der Waals surface area contributed by atoms with Crippen LogP contribution in [-0.4, -0.2) is 37.2 Å². The molecule has 6 heteroatoms. The molecule has 0 aliphatic rings. The average molecular weight is 593 g/mol. The Bertz CT molecular complexity index is 699. The highest BCUT2D eigenvalue weighted by atomic mass is 16.6. The Balaban J connectivity index is 4.05. The van der Waals surface area contributed by atoms with Crippen molar-refractivity contribution in [1.29, 1.82) is 0 Å². The molecule has 244 valence electrons. The molecule has 0 N–H and O–H groups in total. The number of carbonyl (C=O) groups excluding carboxylic acids is 3. The molecule has 0 saturated carbocycles. The van der Waals surface area contributed by atoms with Gasteiger partial charge in [-0.05, 0) is 64.7 Å². The lowest BCUT2D eigenvalue weighted by atomic mass is 10.1. The van der Waals surface area contributed by atoms with Crippen LogP contribution in [0.5, 0.6) is 0 Å². The van der Waals surface area contributed by atoms with E-state index < -0.39 is 6.10 Å². The van der Waals surface area contributed by atoms with Crippen molar-refractivity contribution in [3.63, 3.8) is 0 Å². The summed E-state index contributed by atoms with van der Waals surface area (Å²) < 4.78 is 16.1. The number of esters is 3. The Kier molecular flexibility index (Phi) is 30.2. The van der Waals surface area contributed by atoms with Crippen molar-refractivity contribution in [2.75, 3.05) is 13.2 Å². The van der Waals surface area contributed by atoms with Crippen LogP contribution >= 0.6 is 0 Å². The summed E-state index contributed by atoms with van der Waals surface area (Å²) >= 11 is 0. The van der Waals surface area contributed by atoms with Crippen LogP contribution in [0, 0.1) is 0 Å². The van der Waals surface area contributed by atoms with Gasteiger partial charge in [0, 0.05) is 19.3 Å². The molecule has 0 amide bonds. The van der Waals surface area contributed by atoms with Gasteiger partial charge in [-0.25, -0.2) is 0 Å². The van der Waals surface area contributed by atoms with Crippen molar-refractivity contribution in [2.45, 2.75) is 175 Å². The Hall–Kier alpha value is -2.11. The number of unbranched alkanes of at least 4 members (excludes halogenated alkanes) is 16. The summed E-state index contributed by atoms with van der Waals surface area (Å²) in [5.74, 6) is -0.976. The lowest BCUT2D eigenvalue weighted by Crippen LogP contribution is -2.30. The zero-order chi connectivity index (χ0) is 30.9. The number of carbonyl (C=O) groups is 3. The fourth-order valence-corrected chi connectivity index (χ4v) is 4.65. The molecular weight excluding hydrogens is 528 g/mol. The first kappa shape index (κ1) is 39.9. The summed E-state index contributed by atoms with van der Waals surface area (Å²) in [6.07, 6.45) is 31.7. The minimum Gasteiger partial charge on any atom is -0.462 e. The van der Waals surface area contributed by atoms with Gasteiger partial charge in [0.15, 0.2) is 6.10 Å². The molecule has 0 fully saturated rings. The van der Waals surface area contributed by atoms with E-state index in [9.17, 15) is 14.4 Å². The topological polar surface area (TPSA) is 78.9 Å². The molecular formula is C36H64O6. The van der Waals surface area contributed by atoms with Gasteiger partial charge in [0.05, 0.1) is 0 Å². The standard InChI is InChI=1S/C36H64O6/c1-4-7-9-11-13-15-16-17-18-19-20-21-23-24-26-29-35(38)41-32-33(31-40-34(37)28-6-3)42-36(39)30-27-25-22-14-12-10-8-5-2/h5,8,17-18,33H,4,6-7,9-16,19-32H2,1-3H3/b8-5-,18-17?. The van der Waals surface area contributed by atoms with Crippen molar-refractivity contribution < 1.29 is 28.6 Å². The van der Waals surface area contributed by atoms with E-state index in [1.54, 1.807) is 0 Å². The van der Waals surface area contributed by atoms with Crippen molar-refractivity contribution in [3.8, 4) is 0 Å². The van der Waals surface area contributed by atoms with Crippen LogP contribution in [0.1, 0.15) is 168 Å². The van der Waals surface area contributed by atoms with Crippen LogP contribution in [0.15, 0.2) is 24.3 Å². The van der Waals surface area contributed by atoms with Gasteiger partial charge in [-0.3, -0.25) is 14.4 Å². The third-order valence-corrected chi connectivity index (χ3v) is 7.24. The molecule has 1 atom stereocenters. The average Bonchev–Trinajstić information content (AvgIpc) is 2.98. The van der Waals surface area contributed by atoms with Gasteiger partial charge in [-0.2, -0.15) is 0 Å². The molecule has 0 aromatic rings. The quantitative estimate of drug-likeness (QED) is 0.0357. The molecule has 0 heterocycles. The molecule has 0 saturated heterocycles. The zero-order valence-electron chi connectivity index (χ0n) is 27.5. The highest BCUT2D eigenvalue weighted by molar-refractivity contribution is 5.71. The molecule has 6 nitrogen and oxygen atoms in total. The molecule has 42 heavy (non-hydrogen) atoms. The summed E-state index contributed by atoms with van der Waals surface area (Å²) in [6, 6.07) is 0. The second kappa shape index (κ2) is 31.8. The van der Waals surface area contributed by atoms with Gasteiger partial charge in [0.2, 0.25) is 0 Å². The molecule has 0 radical (unpaired) electrons. The Morgan fingerprint density at radius 1 is 0.500 bits per heavy atom. The van der Waals surface area contributed by atoms with Gasteiger partial charge < -0.3 is 14.2 Å². The fraction of sp³-hybridized carbons (Fsp3) is 0.806. The van der Waals surface area contributed by atoms with Crippen LogP contribution < -0.4 is 0 Å².